The van der Waals surface area contributed by atoms with E-state index >= 15 is 0 Å². The Balaban J connectivity index is 2.29. The van der Waals surface area contributed by atoms with Crippen molar-refractivity contribution < 1.29 is 14.3 Å². The van der Waals surface area contributed by atoms with Gasteiger partial charge in [0.2, 0.25) is 5.91 Å². The van der Waals surface area contributed by atoms with Crippen molar-refractivity contribution in [2.45, 2.75) is 40.0 Å². The summed E-state index contributed by atoms with van der Waals surface area (Å²) in [6.07, 6.45) is 2.17. The van der Waals surface area contributed by atoms with Gasteiger partial charge in [-0.25, -0.2) is 10.2 Å². The van der Waals surface area contributed by atoms with E-state index in [1.807, 2.05) is 25.7 Å². The molecule has 0 atom stereocenters. The van der Waals surface area contributed by atoms with Gasteiger partial charge in [0.1, 0.15) is 0 Å². The zero-order chi connectivity index (χ0) is 16.6. The van der Waals surface area contributed by atoms with Gasteiger partial charge in [-0.15, -0.1) is 0 Å². The second kappa shape index (κ2) is 8.73. The van der Waals surface area contributed by atoms with Gasteiger partial charge in [-0.05, 0) is 6.42 Å². The molecule has 0 bridgehead atoms. The van der Waals surface area contributed by atoms with Crippen LogP contribution in [0.2, 0.25) is 0 Å². The van der Waals surface area contributed by atoms with E-state index in [9.17, 15) is 9.59 Å². The Hall–Kier alpha value is -1.63. The quantitative estimate of drug-likeness (QED) is 0.594. The standard InChI is InChI=1S/C15H28N4O3/c1-15(2,3)13(20)19-9-6-12(7-10-19)17-18-14(21)16-8-5-11-22-4/h5-11H2,1-4H3,(H2,16,18,21). The van der Waals surface area contributed by atoms with Gasteiger partial charge >= 0.3 is 6.03 Å². The van der Waals surface area contributed by atoms with Crippen LogP contribution >= 0.6 is 0 Å². The lowest BCUT2D eigenvalue weighted by atomic mass is 9.93. The molecule has 7 heteroatoms. The number of hydrogen-bond acceptors (Lipinski definition) is 4. The van der Waals surface area contributed by atoms with Crippen LogP contribution in [0.3, 0.4) is 0 Å². The van der Waals surface area contributed by atoms with Crippen LogP contribution in [0.15, 0.2) is 5.10 Å². The summed E-state index contributed by atoms with van der Waals surface area (Å²) in [6, 6.07) is -0.309. The summed E-state index contributed by atoms with van der Waals surface area (Å²) in [7, 11) is 1.63. The summed E-state index contributed by atoms with van der Waals surface area (Å²) in [5.74, 6) is 0.162. The highest BCUT2D eigenvalue weighted by atomic mass is 16.5. The Labute approximate surface area is 132 Å². The Morgan fingerprint density at radius 1 is 1.27 bits per heavy atom. The largest absolute Gasteiger partial charge is 0.385 e. The molecule has 1 fully saturated rings. The number of methoxy groups -OCH3 is 1. The third kappa shape index (κ3) is 6.43. The minimum atomic E-state index is -0.352. The number of ether oxygens (including phenoxy) is 1. The van der Waals surface area contributed by atoms with E-state index in [1.165, 1.54) is 0 Å². The molecule has 1 rings (SSSR count). The van der Waals surface area contributed by atoms with E-state index in [-0.39, 0.29) is 17.4 Å². The molecular weight excluding hydrogens is 284 g/mol. The predicted octanol–water partition coefficient (Wildman–Crippen LogP) is 1.35. The van der Waals surface area contributed by atoms with Gasteiger partial charge in [0, 0.05) is 57.3 Å². The number of piperidine rings is 1. The number of hydrazone groups is 1. The lowest BCUT2D eigenvalue weighted by Crippen LogP contribution is -2.44. The normalized spacial score (nSPS) is 15.5. The van der Waals surface area contributed by atoms with E-state index < -0.39 is 0 Å². The number of nitrogens with zero attached hydrogens (tertiary/aromatic N) is 2. The predicted molar refractivity (Wildman–Crippen MR) is 85.7 cm³/mol. The number of nitrogens with one attached hydrogen (secondary N) is 2. The van der Waals surface area contributed by atoms with Crippen molar-refractivity contribution in [2.75, 3.05) is 33.4 Å². The topological polar surface area (TPSA) is 83.0 Å². The lowest BCUT2D eigenvalue weighted by Gasteiger charge is -2.32. The van der Waals surface area contributed by atoms with Crippen molar-refractivity contribution >= 4 is 17.6 Å². The van der Waals surface area contributed by atoms with Gasteiger partial charge in [-0.1, -0.05) is 20.8 Å². The third-order valence-corrected chi connectivity index (χ3v) is 3.40. The van der Waals surface area contributed by atoms with Gasteiger partial charge < -0.3 is 15.0 Å². The van der Waals surface area contributed by atoms with Crippen LogP contribution < -0.4 is 10.7 Å². The monoisotopic (exact) mass is 312 g/mol. The molecule has 0 spiro atoms. The van der Waals surface area contributed by atoms with Crippen molar-refractivity contribution in [3.63, 3.8) is 0 Å². The van der Waals surface area contributed by atoms with Gasteiger partial charge in [-0.2, -0.15) is 5.10 Å². The average molecular weight is 312 g/mol. The van der Waals surface area contributed by atoms with Crippen LogP contribution in [0.5, 0.6) is 0 Å². The van der Waals surface area contributed by atoms with Crippen molar-refractivity contribution in [2.24, 2.45) is 10.5 Å². The number of carbonyl (C=O) groups excluding carboxylic acids is 2. The number of likely N-dealkylation sites (tertiary alicyclic amines) is 1. The van der Waals surface area contributed by atoms with Gasteiger partial charge in [0.25, 0.3) is 0 Å². The number of hydrogen-bond donors (Lipinski definition) is 2. The van der Waals surface area contributed by atoms with Crippen LogP contribution in [0.1, 0.15) is 40.0 Å². The van der Waals surface area contributed by atoms with E-state index in [0.29, 0.717) is 39.1 Å². The molecule has 0 aromatic heterocycles. The molecule has 1 heterocycles. The van der Waals surface area contributed by atoms with Gasteiger partial charge in [-0.3, -0.25) is 4.79 Å². The molecule has 2 N–H and O–H groups in total. The highest BCUT2D eigenvalue weighted by Crippen LogP contribution is 2.20. The Bertz CT molecular complexity index is 406. The molecule has 0 aliphatic carbocycles. The van der Waals surface area contributed by atoms with Crippen LogP contribution in [-0.2, 0) is 9.53 Å². The van der Waals surface area contributed by atoms with Crippen molar-refractivity contribution in [3.05, 3.63) is 0 Å². The maximum absolute atomic E-state index is 12.2. The zero-order valence-electron chi connectivity index (χ0n) is 14.1. The number of urea groups is 1. The molecule has 22 heavy (non-hydrogen) atoms. The van der Waals surface area contributed by atoms with E-state index in [2.05, 4.69) is 15.8 Å². The third-order valence-electron chi connectivity index (χ3n) is 3.40. The van der Waals surface area contributed by atoms with Crippen LogP contribution in [0, 0.1) is 5.41 Å². The molecule has 1 aliphatic heterocycles. The number of amides is 3. The van der Waals surface area contributed by atoms with Gasteiger partial charge in [0.05, 0.1) is 0 Å². The molecule has 1 aliphatic rings. The fourth-order valence-corrected chi connectivity index (χ4v) is 2.14. The number of carbonyl (C=O) groups is 2. The first-order valence-corrected chi connectivity index (χ1v) is 7.72. The van der Waals surface area contributed by atoms with Crippen molar-refractivity contribution in [1.82, 2.24) is 15.6 Å². The summed E-state index contributed by atoms with van der Waals surface area (Å²) in [5, 5.41) is 6.83. The zero-order valence-corrected chi connectivity index (χ0v) is 14.1. The summed E-state index contributed by atoms with van der Waals surface area (Å²) in [6.45, 7) is 8.26. The van der Waals surface area contributed by atoms with Crippen LogP contribution in [0.25, 0.3) is 0 Å². The average Bonchev–Trinajstić information content (AvgIpc) is 2.48. The molecule has 0 saturated carbocycles. The summed E-state index contributed by atoms with van der Waals surface area (Å²) < 4.78 is 4.90. The van der Waals surface area contributed by atoms with Crippen LogP contribution in [-0.4, -0.2) is 55.9 Å². The van der Waals surface area contributed by atoms with E-state index in [4.69, 9.17) is 4.74 Å². The minimum absolute atomic E-state index is 0.162. The fourth-order valence-electron chi connectivity index (χ4n) is 2.14. The molecule has 0 unspecified atom stereocenters. The van der Waals surface area contributed by atoms with Crippen LogP contribution in [0.4, 0.5) is 4.79 Å². The second-order valence-electron chi connectivity index (χ2n) is 6.43. The first kappa shape index (κ1) is 18.4. The summed E-state index contributed by atoms with van der Waals surface area (Å²) >= 11 is 0. The molecule has 126 valence electrons. The lowest BCUT2D eigenvalue weighted by molar-refractivity contribution is -0.139. The molecule has 1 saturated heterocycles. The molecule has 7 nitrogen and oxygen atoms in total. The van der Waals surface area contributed by atoms with Crippen molar-refractivity contribution in [3.8, 4) is 0 Å². The number of rotatable bonds is 5. The van der Waals surface area contributed by atoms with E-state index in [0.717, 1.165) is 12.1 Å². The second-order valence-corrected chi connectivity index (χ2v) is 6.43. The fraction of sp³-hybridized carbons (Fsp3) is 0.800. The molecular formula is C15H28N4O3. The maximum atomic E-state index is 12.2. The highest BCUT2D eigenvalue weighted by molar-refractivity contribution is 5.89. The highest BCUT2D eigenvalue weighted by Gasteiger charge is 2.29. The first-order chi connectivity index (χ1) is 10.3. The Morgan fingerprint density at radius 3 is 2.45 bits per heavy atom. The van der Waals surface area contributed by atoms with E-state index in [1.54, 1.807) is 7.11 Å². The molecule has 3 amide bonds. The molecule has 0 aromatic rings. The first-order valence-electron chi connectivity index (χ1n) is 7.72. The van der Waals surface area contributed by atoms with Crippen molar-refractivity contribution in [1.29, 1.82) is 0 Å². The Morgan fingerprint density at radius 2 is 1.91 bits per heavy atom. The Kier molecular flexibility index (Phi) is 7.31. The summed E-state index contributed by atoms with van der Waals surface area (Å²) in [5.41, 5.74) is 3.07. The molecule has 0 aromatic carbocycles. The minimum Gasteiger partial charge on any atom is -0.385 e. The smallest absolute Gasteiger partial charge is 0.335 e. The SMILES string of the molecule is COCCCNC(=O)NN=C1CCN(C(=O)C(C)(C)C)CC1. The molecule has 0 radical (unpaired) electrons. The van der Waals surface area contributed by atoms with Gasteiger partial charge in [0.15, 0.2) is 0 Å². The maximum Gasteiger partial charge on any atom is 0.335 e. The summed E-state index contributed by atoms with van der Waals surface area (Å²) in [4.78, 5) is 25.5.